The Morgan fingerprint density at radius 2 is 2.07 bits per heavy atom. The maximum Gasteiger partial charge on any atom is 0.280 e. The summed E-state index contributed by atoms with van der Waals surface area (Å²) in [5.41, 5.74) is 0.0182. The molecule has 0 bridgehead atoms. The number of alkyl halides is 1. The lowest BCUT2D eigenvalue weighted by atomic mass is 10.1. The fourth-order valence-electron chi connectivity index (χ4n) is 1.23. The number of halogens is 1. The Hall–Kier alpha value is -1.42. The van der Waals surface area contributed by atoms with Gasteiger partial charge >= 0.3 is 0 Å². The highest BCUT2D eigenvalue weighted by molar-refractivity contribution is 6.18. The monoisotopic (exact) mass is 227 g/mol. The molecule has 4 nitrogen and oxygen atoms in total. The Kier molecular flexibility index (Phi) is 4.24. The van der Waals surface area contributed by atoms with Crippen LogP contribution < -0.4 is 0 Å². The van der Waals surface area contributed by atoms with Crippen molar-refractivity contribution >= 4 is 23.1 Å². The highest BCUT2D eigenvalue weighted by atomic mass is 35.5. The number of benzene rings is 1. The third-order valence-corrected chi connectivity index (χ3v) is 2.21. The second kappa shape index (κ2) is 5.46. The molecule has 0 N–H and O–H groups in total. The minimum atomic E-state index is -0.548. The van der Waals surface area contributed by atoms with E-state index in [1.54, 1.807) is 6.07 Å². The number of nitro groups is 1. The Morgan fingerprint density at radius 1 is 1.40 bits per heavy atom. The second-order valence-corrected chi connectivity index (χ2v) is 3.37. The molecule has 15 heavy (non-hydrogen) atoms. The van der Waals surface area contributed by atoms with Crippen molar-refractivity contribution in [3.05, 3.63) is 39.9 Å². The Morgan fingerprint density at radius 3 is 2.67 bits per heavy atom. The molecule has 0 fully saturated rings. The number of carbonyl (C=O) groups is 1. The zero-order valence-corrected chi connectivity index (χ0v) is 8.74. The second-order valence-electron chi connectivity index (χ2n) is 2.99. The summed E-state index contributed by atoms with van der Waals surface area (Å²) >= 11 is 5.45. The topological polar surface area (TPSA) is 60.2 Å². The van der Waals surface area contributed by atoms with E-state index in [-0.39, 0.29) is 23.5 Å². The number of para-hydroxylation sites is 1. The number of hydrogen-bond donors (Lipinski definition) is 0. The molecule has 0 unspecified atom stereocenters. The molecule has 1 aromatic rings. The summed E-state index contributed by atoms with van der Waals surface area (Å²) in [7, 11) is 0. The number of hydrogen-bond acceptors (Lipinski definition) is 3. The highest BCUT2D eigenvalue weighted by Gasteiger charge is 2.18. The molecule has 1 aromatic carbocycles. The molecule has 0 aromatic heterocycles. The molecule has 0 saturated heterocycles. The molecule has 0 saturated carbocycles. The molecule has 0 aliphatic carbocycles. The van der Waals surface area contributed by atoms with Crippen LogP contribution in [0.15, 0.2) is 24.3 Å². The first-order valence-corrected chi connectivity index (χ1v) is 5.03. The molecule has 0 aliphatic heterocycles. The van der Waals surface area contributed by atoms with Gasteiger partial charge in [0.05, 0.1) is 10.5 Å². The quantitative estimate of drug-likeness (QED) is 0.336. The zero-order valence-electron chi connectivity index (χ0n) is 7.98. The van der Waals surface area contributed by atoms with Gasteiger partial charge in [0.1, 0.15) is 0 Å². The van der Waals surface area contributed by atoms with E-state index in [1.807, 2.05) is 0 Å². The summed E-state index contributed by atoms with van der Waals surface area (Å²) in [5, 5.41) is 10.6. The third kappa shape index (κ3) is 3.02. The minimum absolute atomic E-state index is 0.142. The van der Waals surface area contributed by atoms with Crippen molar-refractivity contribution in [2.24, 2.45) is 0 Å². The molecule has 0 radical (unpaired) electrons. The van der Waals surface area contributed by atoms with Crippen LogP contribution in [0.1, 0.15) is 23.2 Å². The van der Waals surface area contributed by atoms with E-state index in [1.165, 1.54) is 18.2 Å². The van der Waals surface area contributed by atoms with Crippen molar-refractivity contribution in [3.8, 4) is 0 Å². The van der Waals surface area contributed by atoms with Gasteiger partial charge in [-0.2, -0.15) is 0 Å². The minimum Gasteiger partial charge on any atom is -0.294 e. The van der Waals surface area contributed by atoms with Gasteiger partial charge in [-0.05, 0) is 12.5 Å². The molecule has 0 heterocycles. The van der Waals surface area contributed by atoms with Gasteiger partial charge in [0, 0.05) is 18.4 Å². The van der Waals surface area contributed by atoms with Crippen molar-refractivity contribution < 1.29 is 9.72 Å². The average Bonchev–Trinajstić information content (AvgIpc) is 2.25. The van der Waals surface area contributed by atoms with Crippen molar-refractivity contribution in [2.45, 2.75) is 12.8 Å². The Bertz CT molecular complexity index is 379. The Labute approximate surface area is 92.0 Å². The standard InChI is InChI=1S/C10H10ClNO3/c11-7-3-6-10(13)8-4-1-2-5-9(8)12(14)15/h1-2,4-5H,3,6-7H2. The molecular formula is C10H10ClNO3. The first kappa shape index (κ1) is 11.7. The van der Waals surface area contributed by atoms with Gasteiger partial charge < -0.3 is 0 Å². The summed E-state index contributed by atoms with van der Waals surface area (Å²) < 4.78 is 0. The predicted molar refractivity (Wildman–Crippen MR) is 57.4 cm³/mol. The number of nitrogens with zero attached hydrogens (tertiary/aromatic N) is 1. The molecule has 0 aliphatic rings. The molecule has 1 rings (SSSR count). The smallest absolute Gasteiger partial charge is 0.280 e. The number of carbonyl (C=O) groups excluding carboxylic acids is 1. The summed E-state index contributed by atoms with van der Waals surface area (Å²) in [6.45, 7) is 0. The lowest BCUT2D eigenvalue weighted by Gasteiger charge is -2.00. The van der Waals surface area contributed by atoms with Gasteiger partial charge in [0.25, 0.3) is 5.69 Å². The maximum absolute atomic E-state index is 11.6. The van der Waals surface area contributed by atoms with Crippen LogP contribution in [0, 0.1) is 10.1 Å². The number of rotatable bonds is 5. The van der Waals surface area contributed by atoms with Crippen molar-refractivity contribution in [1.29, 1.82) is 0 Å². The van der Waals surface area contributed by atoms with E-state index in [9.17, 15) is 14.9 Å². The van der Waals surface area contributed by atoms with Crippen LogP contribution in [-0.4, -0.2) is 16.6 Å². The van der Waals surface area contributed by atoms with E-state index in [0.29, 0.717) is 12.3 Å². The van der Waals surface area contributed by atoms with Gasteiger partial charge in [-0.1, -0.05) is 12.1 Å². The summed E-state index contributed by atoms with van der Waals surface area (Å²) in [5.74, 6) is 0.148. The number of nitro benzene ring substituents is 1. The van der Waals surface area contributed by atoms with E-state index in [2.05, 4.69) is 0 Å². The first-order chi connectivity index (χ1) is 7.16. The summed E-state index contributed by atoms with van der Waals surface area (Å²) in [6.07, 6.45) is 0.779. The van der Waals surface area contributed by atoms with E-state index in [0.717, 1.165) is 0 Å². The van der Waals surface area contributed by atoms with Crippen LogP contribution in [0.3, 0.4) is 0 Å². The van der Waals surface area contributed by atoms with Gasteiger partial charge in [-0.3, -0.25) is 14.9 Å². The molecule has 80 valence electrons. The third-order valence-electron chi connectivity index (χ3n) is 1.94. The molecule has 0 spiro atoms. The van der Waals surface area contributed by atoms with Crippen molar-refractivity contribution in [1.82, 2.24) is 0 Å². The lowest BCUT2D eigenvalue weighted by Crippen LogP contribution is -2.03. The fourth-order valence-corrected chi connectivity index (χ4v) is 1.36. The molecule has 5 heteroatoms. The van der Waals surface area contributed by atoms with Crippen molar-refractivity contribution in [3.63, 3.8) is 0 Å². The first-order valence-electron chi connectivity index (χ1n) is 4.49. The summed E-state index contributed by atoms with van der Waals surface area (Å²) in [6, 6.07) is 5.94. The van der Waals surface area contributed by atoms with Crippen LogP contribution in [0.5, 0.6) is 0 Å². The average molecular weight is 228 g/mol. The van der Waals surface area contributed by atoms with Crippen LogP contribution in [0.2, 0.25) is 0 Å². The number of ketones is 1. The number of Topliss-reactive ketones (excluding diaryl/α,β-unsaturated/α-hetero) is 1. The lowest BCUT2D eigenvalue weighted by molar-refractivity contribution is -0.385. The van der Waals surface area contributed by atoms with Gasteiger partial charge in [0.2, 0.25) is 0 Å². The molecule has 0 amide bonds. The van der Waals surface area contributed by atoms with Gasteiger partial charge in [-0.25, -0.2) is 0 Å². The normalized spacial score (nSPS) is 9.93. The van der Waals surface area contributed by atoms with E-state index < -0.39 is 4.92 Å². The SMILES string of the molecule is O=C(CCCCl)c1ccccc1[N+](=O)[O-]. The van der Waals surface area contributed by atoms with Crippen molar-refractivity contribution in [2.75, 3.05) is 5.88 Å². The zero-order chi connectivity index (χ0) is 11.3. The highest BCUT2D eigenvalue weighted by Crippen LogP contribution is 2.19. The predicted octanol–water partition coefficient (Wildman–Crippen LogP) is 2.80. The van der Waals surface area contributed by atoms with E-state index in [4.69, 9.17) is 11.6 Å². The van der Waals surface area contributed by atoms with Gasteiger partial charge in [-0.15, -0.1) is 11.6 Å². The van der Waals surface area contributed by atoms with Crippen LogP contribution in [0.25, 0.3) is 0 Å². The maximum atomic E-state index is 11.6. The largest absolute Gasteiger partial charge is 0.294 e. The summed E-state index contributed by atoms with van der Waals surface area (Å²) in [4.78, 5) is 21.6. The van der Waals surface area contributed by atoms with Gasteiger partial charge in [0.15, 0.2) is 5.78 Å². The van der Waals surface area contributed by atoms with E-state index >= 15 is 0 Å². The fraction of sp³-hybridized carbons (Fsp3) is 0.300. The van der Waals surface area contributed by atoms with Crippen LogP contribution in [0.4, 0.5) is 5.69 Å². The Balaban J connectivity index is 2.92. The van der Waals surface area contributed by atoms with Crippen LogP contribution >= 0.6 is 11.6 Å². The molecule has 0 atom stereocenters. The molecular weight excluding hydrogens is 218 g/mol. The van der Waals surface area contributed by atoms with Crippen LogP contribution in [-0.2, 0) is 0 Å².